The van der Waals surface area contributed by atoms with Crippen LogP contribution in [0.25, 0.3) is 0 Å². The minimum absolute atomic E-state index is 0. The molecule has 3 rings (SSSR count). The molecule has 2 N–H and O–H groups in total. The van der Waals surface area contributed by atoms with Crippen molar-refractivity contribution in [1.29, 1.82) is 0 Å². The van der Waals surface area contributed by atoms with Crippen molar-refractivity contribution in [3.05, 3.63) is 22.2 Å². The molecular weight excluding hydrogens is 372 g/mol. The van der Waals surface area contributed by atoms with E-state index in [1.54, 1.807) is 12.1 Å². The first kappa shape index (κ1) is 17.4. The van der Waals surface area contributed by atoms with Crippen molar-refractivity contribution in [2.75, 3.05) is 19.9 Å². The molecule has 1 saturated heterocycles. The summed E-state index contributed by atoms with van der Waals surface area (Å²) in [4.78, 5) is 14.5. The molecule has 0 radical (unpaired) electrons. The minimum Gasteiger partial charge on any atom is -0.454 e. The zero-order chi connectivity index (χ0) is 15.0. The summed E-state index contributed by atoms with van der Waals surface area (Å²) in [6, 6.07) is 3.75. The van der Waals surface area contributed by atoms with Crippen LogP contribution in [0, 0.1) is 5.92 Å². The van der Waals surface area contributed by atoms with Crippen molar-refractivity contribution in [2.24, 2.45) is 11.7 Å². The Kier molecular flexibility index (Phi) is 5.58. The van der Waals surface area contributed by atoms with E-state index in [0.717, 1.165) is 30.4 Å². The number of hydrogen-bond donors (Lipinski definition) is 1. The Morgan fingerprint density at radius 3 is 2.68 bits per heavy atom. The van der Waals surface area contributed by atoms with E-state index in [4.69, 9.17) is 15.2 Å². The molecule has 2 heterocycles. The Bertz CT molecular complexity index is 560. The maximum absolute atomic E-state index is 12.6. The first-order chi connectivity index (χ1) is 10.1. The molecule has 122 valence electrons. The smallest absolute Gasteiger partial charge is 0.254 e. The number of likely N-dealkylation sites (tertiary alicyclic amines) is 1. The first-order valence-corrected chi connectivity index (χ1v) is 7.99. The van der Waals surface area contributed by atoms with Gasteiger partial charge in [0.05, 0.1) is 4.47 Å². The van der Waals surface area contributed by atoms with E-state index in [0.29, 0.717) is 23.0 Å². The molecule has 1 aromatic carbocycles. The number of hydrogen-bond acceptors (Lipinski definition) is 4. The SMILES string of the molecule is CC(N)C1CCN(C(=O)c2cc(Br)c3c(c2)OCO3)CC1.Cl. The van der Waals surface area contributed by atoms with Gasteiger partial charge in [-0.15, -0.1) is 12.4 Å². The van der Waals surface area contributed by atoms with Gasteiger partial charge in [-0.1, -0.05) is 0 Å². The minimum atomic E-state index is 0. The standard InChI is InChI=1S/C15H19BrN2O3.ClH/c1-9(17)10-2-4-18(5-3-10)15(19)11-6-12(16)14-13(7-11)20-8-21-14;/h6-7,9-10H,2-5,8,17H2,1H3;1H. The Labute approximate surface area is 144 Å². The molecule has 0 aliphatic carbocycles. The number of carbonyl (C=O) groups excluding carboxylic acids is 1. The molecule has 1 aromatic rings. The third kappa shape index (κ3) is 3.34. The summed E-state index contributed by atoms with van der Waals surface area (Å²) in [5.74, 6) is 1.84. The summed E-state index contributed by atoms with van der Waals surface area (Å²) < 4.78 is 11.5. The Morgan fingerprint density at radius 1 is 1.36 bits per heavy atom. The van der Waals surface area contributed by atoms with Crippen LogP contribution in [0.15, 0.2) is 16.6 Å². The normalized spacial score (nSPS) is 18.8. The summed E-state index contributed by atoms with van der Waals surface area (Å²) in [5, 5.41) is 0. The van der Waals surface area contributed by atoms with Gasteiger partial charge in [-0.05, 0) is 53.7 Å². The molecule has 0 aromatic heterocycles. The molecule has 1 atom stereocenters. The van der Waals surface area contributed by atoms with E-state index in [1.165, 1.54) is 0 Å². The molecule has 22 heavy (non-hydrogen) atoms. The van der Waals surface area contributed by atoms with Crippen molar-refractivity contribution >= 4 is 34.2 Å². The number of halogens is 2. The van der Waals surface area contributed by atoms with Gasteiger partial charge in [-0.2, -0.15) is 0 Å². The molecule has 0 saturated carbocycles. The van der Waals surface area contributed by atoms with Gasteiger partial charge in [-0.25, -0.2) is 0 Å². The molecule has 7 heteroatoms. The summed E-state index contributed by atoms with van der Waals surface area (Å²) >= 11 is 3.43. The van der Waals surface area contributed by atoms with Gasteiger partial charge >= 0.3 is 0 Å². The number of nitrogens with two attached hydrogens (primary N) is 1. The van der Waals surface area contributed by atoms with Crippen LogP contribution in [0.1, 0.15) is 30.1 Å². The van der Waals surface area contributed by atoms with Crippen LogP contribution in [-0.2, 0) is 0 Å². The van der Waals surface area contributed by atoms with E-state index in [-0.39, 0.29) is 31.1 Å². The van der Waals surface area contributed by atoms with Crippen LogP contribution in [0.2, 0.25) is 0 Å². The molecule has 2 aliphatic heterocycles. The molecule has 1 unspecified atom stereocenters. The molecule has 1 amide bonds. The summed E-state index contributed by atoms with van der Waals surface area (Å²) in [6.45, 7) is 3.76. The average molecular weight is 392 g/mol. The van der Waals surface area contributed by atoms with Crippen molar-refractivity contribution in [2.45, 2.75) is 25.8 Å². The maximum Gasteiger partial charge on any atom is 0.254 e. The highest BCUT2D eigenvalue weighted by Gasteiger charge is 2.27. The summed E-state index contributed by atoms with van der Waals surface area (Å²) in [6.07, 6.45) is 1.93. The number of amides is 1. The molecule has 0 spiro atoms. The molecule has 0 bridgehead atoms. The van der Waals surface area contributed by atoms with Crippen LogP contribution in [0.4, 0.5) is 0 Å². The number of carbonyl (C=O) groups is 1. The van der Waals surface area contributed by atoms with Crippen LogP contribution in [-0.4, -0.2) is 36.7 Å². The summed E-state index contributed by atoms with van der Waals surface area (Å²) in [7, 11) is 0. The van der Waals surface area contributed by atoms with E-state index < -0.39 is 0 Å². The average Bonchev–Trinajstić information content (AvgIpc) is 2.95. The second kappa shape index (κ2) is 7.06. The third-order valence-electron chi connectivity index (χ3n) is 4.24. The number of fused-ring (bicyclic) bond motifs is 1. The largest absolute Gasteiger partial charge is 0.454 e. The Hall–Kier alpha value is -0.980. The number of rotatable bonds is 2. The summed E-state index contributed by atoms with van der Waals surface area (Å²) in [5.41, 5.74) is 6.57. The fourth-order valence-electron chi connectivity index (χ4n) is 2.90. The lowest BCUT2D eigenvalue weighted by molar-refractivity contribution is 0.0680. The zero-order valence-corrected chi connectivity index (χ0v) is 14.8. The van der Waals surface area contributed by atoms with Gasteiger partial charge in [0.25, 0.3) is 5.91 Å². The van der Waals surface area contributed by atoms with Crippen molar-refractivity contribution in [1.82, 2.24) is 4.90 Å². The second-order valence-electron chi connectivity index (χ2n) is 5.68. The molecular formula is C15H20BrClN2O3. The molecule has 1 fully saturated rings. The van der Waals surface area contributed by atoms with Gasteiger partial charge < -0.3 is 20.1 Å². The monoisotopic (exact) mass is 390 g/mol. The Morgan fingerprint density at radius 2 is 2.05 bits per heavy atom. The van der Waals surface area contributed by atoms with Crippen molar-refractivity contribution < 1.29 is 14.3 Å². The lowest BCUT2D eigenvalue weighted by Gasteiger charge is -2.33. The fraction of sp³-hybridized carbons (Fsp3) is 0.533. The lowest BCUT2D eigenvalue weighted by atomic mass is 9.90. The van der Waals surface area contributed by atoms with Gasteiger partial charge in [0.1, 0.15) is 0 Å². The zero-order valence-electron chi connectivity index (χ0n) is 12.4. The van der Waals surface area contributed by atoms with Crippen LogP contribution >= 0.6 is 28.3 Å². The quantitative estimate of drug-likeness (QED) is 0.842. The highest BCUT2D eigenvalue weighted by molar-refractivity contribution is 9.10. The number of piperidine rings is 1. The van der Waals surface area contributed by atoms with Crippen LogP contribution in [0.3, 0.4) is 0 Å². The topological polar surface area (TPSA) is 64.8 Å². The third-order valence-corrected chi connectivity index (χ3v) is 4.83. The molecule has 5 nitrogen and oxygen atoms in total. The van der Waals surface area contributed by atoms with Crippen molar-refractivity contribution in [3.8, 4) is 11.5 Å². The van der Waals surface area contributed by atoms with E-state index in [2.05, 4.69) is 15.9 Å². The van der Waals surface area contributed by atoms with E-state index >= 15 is 0 Å². The lowest BCUT2D eigenvalue weighted by Crippen LogP contribution is -2.42. The number of nitrogens with zero attached hydrogens (tertiary/aromatic N) is 1. The number of ether oxygens (including phenoxy) is 2. The van der Waals surface area contributed by atoms with Crippen molar-refractivity contribution in [3.63, 3.8) is 0 Å². The highest BCUT2D eigenvalue weighted by atomic mass is 79.9. The van der Waals surface area contributed by atoms with Gasteiger partial charge in [0.2, 0.25) is 6.79 Å². The van der Waals surface area contributed by atoms with Crippen LogP contribution in [0.5, 0.6) is 11.5 Å². The van der Waals surface area contributed by atoms with Gasteiger partial charge in [-0.3, -0.25) is 4.79 Å². The number of benzene rings is 1. The molecule has 2 aliphatic rings. The van der Waals surface area contributed by atoms with Crippen LogP contribution < -0.4 is 15.2 Å². The van der Waals surface area contributed by atoms with Gasteiger partial charge in [0.15, 0.2) is 11.5 Å². The van der Waals surface area contributed by atoms with Gasteiger partial charge in [0, 0.05) is 24.7 Å². The predicted octanol–water partition coefficient (Wildman–Crippen LogP) is 2.80. The predicted molar refractivity (Wildman–Crippen MR) is 89.8 cm³/mol. The second-order valence-corrected chi connectivity index (χ2v) is 6.53. The Balaban J connectivity index is 0.00000176. The highest BCUT2D eigenvalue weighted by Crippen LogP contribution is 2.40. The van der Waals surface area contributed by atoms with E-state index in [9.17, 15) is 4.79 Å². The fourth-order valence-corrected chi connectivity index (χ4v) is 3.46. The van der Waals surface area contributed by atoms with E-state index in [1.807, 2.05) is 11.8 Å². The first-order valence-electron chi connectivity index (χ1n) is 7.20. The maximum atomic E-state index is 12.6.